The highest BCUT2D eigenvalue weighted by Crippen LogP contribution is 2.32. The molecule has 0 amide bonds. The number of pyridine rings is 1. The molecule has 0 spiro atoms. The van der Waals surface area contributed by atoms with Crippen molar-refractivity contribution in [1.82, 2.24) is 24.2 Å². The Morgan fingerprint density at radius 3 is 1.89 bits per heavy atom. The first-order chi connectivity index (χ1) is 27.2. The molecular formula is C48H37BN6. The number of hydrogen-bond donors (Lipinski definition) is 0. The Labute approximate surface area is 320 Å². The summed E-state index contributed by atoms with van der Waals surface area (Å²) in [6.07, 6.45) is 6.16. The monoisotopic (exact) mass is 708 g/mol. The Hall–Kier alpha value is -7.12. The van der Waals surface area contributed by atoms with Gasteiger partial charge in [-0.05, 0) is 65.6 Å². The minimum Gasteiger partial charge on any atom is -0.361 e. The summed E-state index contributed by atoms with van der Waals surface area (Å²) in [5.41, 5.74) is 12.9. The zero-order valence-electron chi connectivity index (χ0n) is 30.4. The van der Waals surface area contributed by atoms with Crippen LogP contribution in [-0.2, 0) is 0 Å². The van der Waals surface area contributed by atoms with E-state index in [-0.39, 0.29) is 6.71 Å². The minimum absolute atomic E-state index is 0.201. The molecule has 0 fully saturated rings. The number of hydrogen-bond acceptors (Lipinski definition) is 4. The number of rotatable bonds is 8. The second-order valence-electron chi connectivity index (χ2n) is 14.1. The fourth-order valence-corrected chi connectivity index (χ4v) is 8.15. The Balaban J connectivity index is 1.29. The number of benzene rings is 6. The van der Waals surface area contributed by atoms with E-state index >= 15 is 0 Å². The van der Waals surface area contributed by atoms with E-state index in [9.17, 15) is 0 Å². The van der Waals surface area contributed by atoms with Gasteiger partial charge in [-0.25, -0.2) is 9.67 Å². The summed E-state index contributed by atoms with van der Waals surface area (Å²) in [4.78, 5) is 9.41. The SMILES string of the molecule is CN1C=CN(c2cccc(B(c3cccc(-n4c5ccccc5c5cccnc54)c3)c3c(-c4ccccc4)nn(-c4ccccc4)c3-c3ccccc3)c2)C1. The normalized spacial score (nSPS) is 12.6. The molecule has 6 nitrogen and oxygen atoms in total. The number of fused-ring (bicyclic) bond motifs is 3. The topological polar surface area (TPSA) is 42.1 Å². The molecule has 4 heterocycles. The summed E-state index contributed by atoms with van der Waals surface area (Å²) in [6.45, 7) is 0.592. The molecule has 55 heavy (non-hydrogen) atoms. The number of aromatic nitrogens is 4. The molecule has 9 aromatic rings. The van der Waals surface area contributed by atoms with E-state index in [2.05, 4.69) is 208 Å². The first kappa shape index (κ1) is 32.5. The van der Waals surface area contributed by atoms with E-state index in [1.165, 1.54) is 10.8 Å². The smallest absolute Gasteiger partial charge is 0.247 e. The van der Waals surface area contributed by atoms with Crippen LogP contribution in [0.5, 0.6) is 0 Å². The summed E-state index contributed by atoms with van der Waals surface area (Å²) in [6, 6.07) is 62.6. The third-order valence-electron chi connectivity index (χ3n) is 10.6. The van der Waals surface area contributed by atoms with Crippen LogP contribution >= 0.6 is 0 Å². The minimum atomic E-state index is -0.201. The van der Waals surface area contributed by atoms with Crippen molar-refractivity contribution in [3.05, 3.63) is 195 Å². The van der Waals surface area contributed by atoms with Crippen LogP contribution in [0.3, 0.4) is 0 Å². The Kier molecular flexibility index (Phi) is 8.10. The lowest BCUT2D eigenvalue weighted by Crippen LogP contribution is -2.53. The van der Waals surface area contributed by atoms with E-state index in [0.717, 1.165) is 73.7 Å². The molecule has 6 aromatic carbocycles. The van der Waals surface area contributed by atoms with Crippen molar-refractivity contribution in [2.24, 2.45) is 0 Å². The molecule has 10 rings (SSSR count). The van der Waals surface area contributed by atoms with Crippen molar-refractivity contribution >= 4 is 50.7 Å². The van der Waals surface area contributed by atoms with Crippen LogP contribution in [0.1, 0.15) is 0 Å². The van der Waals surface area contributed by atoms with Crippen LogP contribution in [0.4, 0.5) is 5.69 Å². The maximum absolute atomic E-state index is 5.54. The lowest BCUT2D eigenvalue weighted by atomic mass is 9.36. The second kappa shape index (κ2) is 13.7. The predicted molar refractivity (Wildman–Crippen MR) is 228 cm³/mol. The summed E-state index contributed by atoms with van der Waals surface area (Å²) in [5.74, 6) is 0. The maximum atomic E-state index is 5.54. The van der Waals surface area contributed by atoms with Gasteiger partial charge in [-0.15, -0.1) is 0 Å². The molecule has 262 valence electrons. The van der Waals surface area contributed by atoms with Gasteiger partial charge in [0.2, 0.25) is 6.71 Å². The number of nitrogens with zero attached hydrogens (tertiary/aromatic N) is 6. The third kappa shape index (κ3) is 5.78. The van der Waals surface area contributed by atoms with Crippen molar-refractivity contribution < 1.29 is 0 Å². The van der Waals surface area contributed by atoms with E-state index in [1.54, 1.807) is 0 Å². The molecule has 0 saturated heterocycles. The quantitative estimate of drug-likeness (QED) is 0.149. The summed E-state index contributed by atoms with van der Waals surface area (Å²) in [5, 5.41) is 7.86. The van der Waals surface area contributed by atoms with Gasteiger partial charge in [0, 0.05) is 53.4 Å². The zero-order chi connectivity index (χ0) is 36.7. The average Bonchev–Trinajstić information content (AvgIpc) is 3.96. The Morgan fingerprint density at radius 2 is 1.16 bits per heavy atom. The van der Waals surface area contributed by atoms with Gasteiger partial charge in [0.15, 0.2) is 0 Å². The molecule has 0 saturated carbocycles. The molecule has 0 bridgehead atoms. The van der Waals surface area contributed by atoms with Crippen LogP contribution in [0.2, 0.25) is 0 Å². The lowest BCUT2D eigenvalue weighted by Gasteiger charge is -2.23. The highest BCUT2D eigenvalue weighted by atomic mass is 15.3. The molecule has 0 N–H and O–H groups in total. The third-order valence-corrected chi connectivity index (χ3v) is 10.6. The predicted octanol–water partition coefficient (Wildman–Crippen LogP) is 8.40. The highest BCUT2D eigenvalue weighted by molar-refractivity contribution is 6.97. The summed E-state index contributed by atoms with van der Waals surface area (Å²) < 4.78 is 4.44. The molecule has 3 aromatic heterocycles. The number of anilines is 1. The van der Waals surface area contributed by atoms with E-state index in [0.29, 0.717) is 0 Å². The van der Waals surface area contributed by atoms with Gasteiger partial charge < -0.3 is 9.80 Å². The van der Waals surface area contributed by atoms with Crippen molar-refractivity contribution in [2.75, 3.05) is 18.6 Å². The molecule has 0 aliphatic carbocycles. The van der Waals surface area contributed by atoms with Crippen LogP contribution < -0.4 is 21.3 Å². The van der Waals surface area contributed by atoms with Gasteiger partial charge in [-0.1, -0.05) is 132 Å². The standard InChI is InChI=1S/C48H37BN6/c1-52-30-31-53(34-52)40-24-13-20-37(32-40)49(38-21-14-25-41(33-38)54-44-28-12-11-26-42(44)43-27-15-29-50-48(43)54)45-46(35-16-5-2-6-17-35)51-55(39-22-9-4-10-23-39)47(45)36-18-7-3-8-19-36/h2-33H,34H2,1H3. The summed E-state index contributed by atoms with van der Waals surface area (Å²) in [7, 11) is 2.11. The number of para-hydroxylation sites is 2. The fourth-order valence-electron chi connectivity index (χ4n) is 8.15. The van der Waals surface area contributed by atoms with E-state index < -0.39 is 0 Å². The molecule has 7 heteroatoms. The van der Waals surface area contributed by atoms with Crippen LogP contribution in [0, 0.1) is 0 Å². The lowest BCUT2D eigenvalue weighted by molar-refractivity contribution is 0.496. The van der Waals surface area contributed by atoms with Crippen molar-refractivity contribution in [3.8, 4) is 33.9 Å². The molecular weight excluding hydrogens is 671 g/mol. The second-order valence-corrected chi connectivity index (χ2v) is 14.1. The largest absolute Gasteiger partial charge is 0.361 e. The highest BCUT2D eigenvalue weighted by Gasteiger charge is 2.34. The van der Waals surface area contributed by atoms with Crippen LogP contribution in [0.15, 0.2) is 195 Å². The molecule has 1 aliphatic rings. The first-order valence-electron chi connectivity index (χ1n) is 18.7. The van der Waals surface area contributed by atoms with Crippen LogP contribution in [-0.4, -0.2) is 44.7 Å². The molecule has 1 aliphatic heterocycles. The van der Waals surface area contributed by atoms with Crippen molar-refractivity contribution in [1.29, 1.82) is 0 Å². The van der Waals surface area contributed by atoms with Gasteiger partial charge in [0.05, 0.1) is 29.3 Å². The van der Waals surface area contributed by atoms with Gasteiger partial charge in [0.1, 0.15) is 5.65 Å². The van der Waals surface area contributed by atoms with E-state index in [1.807, 2.05) is 12.3 Å². The summed E-state index contributed by atoms with van der Waals surface area (Å²) >= 11 is 0. The molecule has 0 radical (unpaired) electrons. The van der Waals surface area contributed by atoms with Gasteiger partial charge in [0.25, 0.3) is 0 Å². The van der Waals surface area contributed by atoms with E-state index in [4.69, 9.17) is 10.1 Å². The van der Waals surface area contributed by atoms with Gasteiger partial charge in [-0.3, -0.25) is 4.57 Å². The molecule has 0 atom stereocenters. The Bertz CT molecular complexity index is 2770. The van der Waals surface area contributed by atoms with Crippen molar-refractivity contribution in [3.63, 3.8) is 0 Å². The molecule has 0 unspecified atom stereocenters. The van der Waals surface area contributed by atoms with Gasteiger partial charge in [-0.2, -0.15) is 5.10 Å². The fraction of sp³-hybridized carbons (Fsp3) is 0.0417. The Morgan fingerprint density at radius 1 is 0.545 bits per heavy atom. The average molecular weight is 709 g/mol. The van der Waals surface area contributed by atoms with Crippen LogP contribution in [0.25, 0.3) is 55.8 Å². The zero-order valence-corrected chi connectivity index (χ0v) is 30.4. The van der Waals surface area contributed by atoms with Crippen molar-refractivity contribution in [2.45, 2.75) is 0 Å². The van der Waals surface area contributed by atoms with Gasteiger partial charge >= 0.3 is 0 Å². The maximum Gasteiger partial charge on any atom is 0.247 e. The first-order valence-corrected chi connectivity index (χ1v) is 18.7.